The van der Waals surface area contributed by atoms with Crippen LogP contribution in [-0.4, -0.2) is 29.9 Å². The Morgan fingerprint density at radius 3 is 2.50 bits per heavy atom. The third-order valence-corrected chi connectivity index (χ3v) is 7.68. The van der Waals surface area contributed by atoms with Crippen molar-refractivity contribution in [3.8, 4) is 11.5 Å². The quantitative estimate of drug-likeness (QED) is 0.257. The molecule has 0 saturated carbocycles. The second-order valence-corrected chi connectivity index (χ2v) is 11.3. The van der Waals surface area contributed by atoms with Gasteiger partial charge in [-0.15, -0.1) is 0 Å². The summed E-state index contributed by atoms with van der Waals surface area (Å²) in [6.07, 6.45) is 1.83. The summed E-state index contributed by atoms with van der Waals surface area (Å²) in [6, 6.07) is 11.1. The number of carbonyl (C=O) groups is 1. The molecule has 0 aliphatic carbocycles. The molecule has 38 heavy (non-hydrogen) atoms. The van der Waals surface area contributed by atoms with E-state index in [2.05, 4.69) is 27.6 Å². The molecule has 0 amide bonds. The first-order valence-corrected chi connectivity index (χ1v) is 14.4. The summed E-state index contributed by atoms with van der Waals surface area (Å²) >= 11 is 3.52. The van der Waals surface area contributed by atoms with Gasteiger partial charge in [0, 0.05) is 0 Å². The van der Waals surface area contributed by atoms with E-state index in [1.165, 1.54) is 11.3 Å². The van der Waals surface area contributed by atoms with Crippen LogP contribution in [0.3, 0.4) is 0 Å². The van der Waals surface area contributed by atoms with E-state index in [0.717, 1.165) is 20.3 Å². The van der Waals surface area contributed by atoms with Gasteiger partial charge >= 0.3 is 5.97 Å². The SMILES string of the molecule is CCOC(=O)C1=C(C)N=c2s/c(=C\c3cc(I)c(OC(C)C)c(OCC)c3)c(=O)n2[C@H]1c1ccc(C)cc1. The largest absolute Gasteiger partial charge is 0.490 e. The molecule has 0 radical (unpaired) electrons. The molecule has 0 N–H and O–H groups in total. The lowest BCUT2D eigenvalue weighted by Gasteiger charge is -2.24. The number of aryl methyl sites for hydroxylation is 1. The van der Waals surface area contributed by atoms with Gasteiger partial charge in [0.1, 0.15) is 0 Å². The van der Waals surface area contributed by atoms with E-state index in [1.54, 1.807) is 18.4 Å². The number of allylic oxidation sites excluding steroid dienone is 1. The van der Waals surface area contributed by atoms with Gasteiger partial charge in [0.25, 0.3) is 5.56 Å². The molecule has 0 unspecified atom stereocenters. The van der Waals surface area contributed by atoms with Crippen LogP contribution in [0.15, 0.2) is 57.5 Å². The number of nitrogens with zero attached hydrogens (tertiary/aromatic N) is 2. The maximum Gasteiger partial charge on any atom is 0.338 e. The van der Waals surface area contributed by atoms with Crippen LogP contribution < -0.4 is 24.4 Å². The summed E-state index contributed by atoms with van der Waals surface area (Å²) in [5.74, 6) is 0.852. The van der Waals surface area contributed by atoms with Crippen LogP contribution in [0.5, 0.6) is 11.5 Å². The van der Waals surface area contributed by atoms with Crippen molar-refractivity contribution < 1.29 is 19.0 Å². The fourth-order valence-electron chi connectivity index (χ4n) is 4.29. The van der Waals surface area contributed by atoms with Gasteiger partial charge in [-0.05, 0) is 93.5 Å². The highest BCUT2D eigenvalue weighted by atomic mass is 127. The molecule has 200 valence electrons. The van der Waals surface area contributed by atoms with Crippen LogP contribution in [0.4, 0.5) is 0 Å². The van der Waals surface area contributed by atoms with Gasteiger partial charge in [-0.2, -0.15) is 0 Å². The summed E-state index contributed by atoms with van der Waals surface area (Å²) in [4.78, 5) is 32.1. The third-order valence-electron chi connectivity index (χ3n) is 5.89. The number of rotatable bonds is 8. The Bertz CT molecular complexity index is 1570. The highest BCUT2D eigenvalue weighted by molar-refractivity contribution is 14.1. The zero-order valence-electron chi connectivity index (χ0n) is 22.3. The van der Waals surface area contributed by atoms with E-state index in [-0.39, 0.29) is 18.3 Å². The maximum absolute atomic E-state index is 13.9. The summed E-state index contributed by atoms with van der Waals surface area (Å²) < 4.78 is 20.2. The second-order valence-electron chi connectivity index (χ2n) is 9.14. The van der Waals surface area contributed by atoms with Crippen molar-refractivity contribution in [3.05, 3.63) is 87.6 Å². The zero-order chi connectivity index (χ0) is 27.6. The second kappa shape index (κ2) is 11.9. The van der Waals surface area contributed by atoms with E-state index in [4.69, 9.17) is 14.2 Å². The van der Waals surface area contributed by atoms with Crippen LogP contribution in [0.1, 0.15) is 57.4 Å². The molecule has 2 aromatic carbocycles. The van der Waals surface area contributed by atoms with Gasteiger partial charge in [-0.3, -0.25) is 9.36 Å². The zero-order valence-corrected chi connectivity index (χ0v) is 25.3. The smallest absolute Gasteiger partial charge is 0.338 e. The standard InChI is InChI=1S/C29H31IN2O5S/c1-7-35-22-14-19(13-21(30)26(22)37-16(3)4)15-23-27(33)32-25(20-11-9-17(5)10-12-20)24(28(34)36-8-2)18(6)31-29(32)38-23/h9-16,25H,7-8H2,1-6H3/b23-15-/t25-/m0/s1. The lowest BCUT2D eigenvalue weighted by molar-refractivity contribution is -0.139. The van der Waals surface area contributed by atoms with Crippen molar-refractivity contribution in [1.82, 2.24) is 4.57 Å². The first-order chi connectivity index (χ1) is 18.1. The van der Waals surface area contributed by atoms with Crippen molar-refractivity contribution in [2.24, 2.45) is 4.99 Å². The number of carbonyl (C=O) groups excluding carboxylic acids is 1. The third kappa shape index (κ3) is 5.73. The van der Waals surface area contributed by atoms with Gasteiger partial charge in [0.05, 0.1) is 44.7 Å². The Hall–Kier alpha value is -2.92. The molecule has 3 aromatic rings. The van der Waals surface area contributed by atoms with E-state index in [9.17, 15) is 9.59 Å². The van der Waals surface area contributed by atoms with E-state index in [1.807, 2.05) is 70.2 Å². The Morgan fingerprint density at radius 1 is 1.16 bits per heavy atom. The van der Waals surface area contributed by atoms with Crippen molar-refractivity contribution in [2.75, 3.05) is 13.2 Å². The number of hydrogen-bond acceptors (Lipinski definition) is 7. The topological polar surface area (TPSA) is 79.1 Å². The molecule has 4 rings (SSSR count). The highest BCUT2D eigenvalue weighted by Gasteiger charge is 2.33. The number of benzene rings is 2. The van der Waals surface area contributed by atoms with Gasteiger partial charge in [-0.1, -0.05) is 41.2 Å². The van der Waals surface area contributed by atoms with E-state index >= 15 is 0 Å². The molecule has 1 aliphatic heterocycles. The van der Waals surface area contributed by atoms with Crippen molar-refractivity contribution in [2.45, 2.75) is 53.7 Å². The molecule has 0 saturated heterocycles. The van der Waals surface area contributed by atoms with Crippen molar-refractivity contribution in [1.29, 1.82) is 0 Å². The number of halogens is 1. The Labute approximate surface area is 239 Å². The Kier molecular flexibility index (Phi) is 8.77. The van der Waals surface area contributed by atoms with Crippen LogP contribution in [0.25, 0.3) is 6.08 Å². The van der Waals surface area contributed by atoms with Crippen LogP contribution in [0, 0.1) is 10.5 Å². The van der Waals surface area contributed by atoms with Gasteiger partial charge in [-0.25, -0.2) is 9.79 Å². The summed E-state index contributed by atoms with van der Waals surface area (Å²) in [5.41, 5.74) is 3.42. The van der Waals surface area contributed by atoms with Crippen LogP contribution >= 0.6 is 33.9 Å². The molecule has 0 spiro atoms. The lowest BCUT2D eigenvalue weighted by Crippen LogP contribution is -2.39. The number of fused-ring (bicyclic) bond motifs is 1. The maximum atomic E-state index is 13.9. The predicted octanol–water partition coefficient (Wildman–Crippen LogP) is 4.90. The molecule has 2 heterocycles. The molecule has 1 atom stereocenters. The molecule has 9 heteroatoms. The fraction of sp³-hybridized carbons (Fsp3) is 0.345. The normalized spacial score (nSPS) is 15.4. The van der Waals surface area contributed by atoms with Gasteiger partial charge < -0.3 is 14.2 Å². The molecular weight excluding hydrogens is 615 g/mol. The summed E-state index contributed by atoms with van der Waals surface area (Å²) in [6.45, 7) is 12.1. The lowest BCUT2D eigenvalue weighted by atomic mass is 9.95. The number of esters is 1. The molecule has 1 aliphatic rings. The first kappa shape index (κ1) is 28.1. The summed E-state index contributed by atoms with van der Waals surface area (Å²) in [7, 11) is 0. The molecular formula is C29H31IN2O5S. The monoisotopic (exact) mass is 646 g/mol. The van der Waals surface area contributed by atoms with E-state index in [0.29, 0.717) is 38.7 Å². The number of ether oxygens (including phenoxy) is 3. The average molecular weight is 647 g/mol. The van der Waals surface area contributed by atoms with Gasteiger partial charge in [0.2, 0.25) is 0 Å². The minimum atomic E-state index is -0.631. The number of aromatic nitrogens is 1. The Balaban J connectivity index is 1.90. The fourth-order valence-corrected chi connectivity index (χ4v) is 6.09. The van der Waals surface area contributed by atoms with Crippen molar-refractivity contribution >= 4 is 46.0 Å². The number of hydrogen-bond donors (Lipinski definition) is 0. The van der Waals surface area contributed by atoms with Crippen LogP contribution in [-0.2, 0) is 9.53 Å². The Morgan fingerprint density at radius 2 is 1.87 bits per heavy atom. The van der Waals surface area contributed by atoms with E-state index < -0.39 is 12.0 Å². The molecule has 0 bridgehead atoms. The summed E-state index contributed by atoms with van der Waals surface area (Å²) in [5, 5.41) is 0. The van der Waals surface area contributed by atoms with Crippen molar-refractivity contribution in [3.63, 3.8) is 0 Å². The molecule has 1 aromatic heterocycles. The minimum absolute atomic E-state index is 0.00382. The predicted molar refractivity (Wildman–Crippen MR) is 158 cm³/mol. The number of thiazole rings is 1. The van der Waals surface area contributed by atoms with Crippen LogP contribution in [0.2, 0.25) is 0 Å². The minimum Gasteiger partial charge on any atom is -0.490 e. The molecule has 7 nitrogen and oxygen atoms in total. The molecule has 0 fully saturated rings. The average Bonchev–Trinajstić information content (AvgIpc) is 3.15. The highest BCUT2D eigenvalue weighted by Crippen LogP contribution is 2.35. The first-order valence-electron chi connectivity index (χ1n) is 12.5. The van der Waals surface area contributed by atoms with Gasteiger partial charge in [0.15, 0.2) is 16.3 Å².